The first kappa shape index (κ1) is 11.7. The number of alkyl halides is 1. The summed E-state index contributed by atoms with van der Waals surface area (Å²) in [6, 6.07) is -0.294. The monoisotopic (exact) mass is 246 g/mol. The Labute approximate surface area is 99.1 Å². The molecule has 2 fully saturated rings. The van der Waals surface area contributed by atoms with Gasteiger partial charge in [-0.05, 0) is 6.42 Å². The second-order valence-corrected chi connectivity index (χ2v) is 4.50. The van der Waals surface area contributed by atoms with E-state index in [1.807, 2.05) is 0 Å². The van der Waals surface area contributed by atoms with E-state index < -0.39 is 5.54 Å². The highest BCUT2D eigenvalue weighted by Crippen LogP contribution is 2.28. The number of urea groups is 1. The minimum absolute atomic E-state index is 0.120. The summed E-state index contributed by atoms with van der Waals surface area (Å²) in [7, 11) is 0. The fraction of sp³-hybridized carbons (Fsp3) is 0.800. The summed E-state index contributed by atoms with van der Waals surface area (Å²) in [5.41, 5.74) is -0.707. The number of imide groups is 1. The quantitative estimate of drug-likeness (QED) is 0.590. The van der Waals surface area contributed by atoms with E-state index in [-0.39, 0.29) is 11.9 Å². The number of carbonyl (C=O) groups excluding carboxylic acids is 2. The zero-order valence-electron chi connectivity index (χ0n) is 9.00. The standard InChI is InChI=1S/C10H15ClN2O3/c11-4-1-5-13-8(14)10(12-9(13)15)2-6-16-7-3-10/h1-7H2,(H,12,15). The number of nitrogens with zero attached hydrogens (tertiary/aromatic N) is 1. The lowest BCUT2D eigenvalue weighted by atomic mass is 9.90. The van der Waals surface area contributed by atoms with Crippen LogP contribution < -0.4 is 5.32 Å². The molecular weight excluding hydrogens is 232 g/mol. The van der Waals surface area contributed by atoms with Crippen molar-refractivity contribution in [3.63, 3.8) is 0 Å². The molecule has 0 aromatic heterocycles. The summed E-state index contributed by atoms with van der Waals surface area (Å²) in [5.74, 6) is 0.332. The Morgan fingerprint density at radius 3 is 2.69 bits per heavy atom. The van der Waals surface area contributed by atoms with Crippen molar-refractivity contribution < 1.29 is 14.3 Å². The van der Waals surface area contributed by atoms with E-state index in [0.717, 1.165) is 0 Å². The zero-order chi connectivity index (χ0) is 11.6. The van der Waals surface area contributed by atoms with Gasteiger partial charge < -0.3 is 10.1 Å². The van der Waals surface area contributed by atoms with Crippen LogP contribution in [0.25, 0.3) is 0 Å². The Hall–Kier alpha value is -0.810. The number of carbonyl (C=O) groups is 2. The molecule has 5 nitrogen and oxygen atoms in total. The van der Waals surface area contributed by atoms with Crippen molar-refractivity contribution in [3.8, 4) is 0 Å². The third kappa shape index (κ3) is 1.89. The van der Waals surface area contributed by atoms with Crippen molar-refractivity contribution in [1.29, 1.82) is 0 Å². The second-order valence-electron chi connectivity index (χ2n) is 4.12. The molecule has 2 aliphatic heterocycles. The molecule has 16 heavy (non-hydrogen) atoms. The van der Waals surface area contributed by atoms with Gasteiger partial charge in [-0.3, -0.25) is 9.69 Å². The molecule has 2 saturated heterocycles. The van der Waals surface area contributed by atoms with Crippen molar-refractivity contribution >= 4 is 23.5 Å². The van der Waals surface area contributed by atoms with Crippen molar-refractivity contribution in [2.24, 2.45) is 0 Å². The van der Waals surface area contributed by atoms with Crippen LogP contribution in [0.5, 0.6) is 0 Å². The van der Waals surface area contributed by atoms with E-state index in [9.17, 15) is 9.59 Å². The summed E-state index contributed by atoms with van der Waals surface area (Å²) in [6.45, 7) is 1.45. The van der Waals surface area contributed by atoms with Crippen LogP contribution in [0, 0.1) is 0 Å². The van der Waals surface area contributed by atoms with Crippen LogP contribution in [0.2, 0.25) is 0 Å². The Balaban J connectivity index is 2.08. The van der Waals surface area contributed by atoms with Gasteiger partial charge in [-0.25, -0.2) is 4.79 Å². The highest BCUT2D eigenvalue weighted by atomic mass is 35.5. The molecule has 2 aliphatic rings. The SMILES string of the molecule is O=C1NC2(CCOCC2)C(=O)N1CCCCl. The van der Waals surface area contributed by atoms with Crippen molar-refractivity contribution in [1.82, 2.24) is 10.2 Å². The number of nitrogens with one attached hydrogen (secondary N) is 1. The number of ether oxygens (including phenoxy) is 1. The zero-order valence-corrected chi connectivity index (χ0v) is 9.76. The summed E-state index contributed by atoms with van der Waals surface area (Å²) in [6.07, 6.45) is 1.76. The summed E-state index contributed by atoms with van der Waals surface area (Å²) < 4.78 is 5.21. The van der Waals surface area contributed by atoms with Gasteiger partial charge >= 0.3 is 6.03 Å². The van der Waals surface area contributed by atoms with E-state index in [0.29, 0.717) is 44.9 Å². The Bertz CT molecular complexity index is 302. The molecule has 0 unspecified atom stereocenters. The Morgan fingerprint density at radius 2 is 2.06 bits per heavy atom. The fourth-order valence-electron chi connectivity index (χ4n) is 2.16. The van der Waals surface area contributed by atoms with Crippen molar-refractivity contribution in [3.05, 3.63) is 0 Å². The van der Waals surface area contributed by atoms with Gasteiger partial charge in [0.2, 0.25) is 0 Å². The van der Waals surface area contributed by atoms with E-state index in [4.69, 9.17) is 16.3 Å². The number of rotatable bonds is 3. The van der Waals surface area contributed by atoms with Crippen LogP contribution in [0.4, 0.5) is 4.79 Å². The maximum Gasteiger partial charge on any atom is 0.325 e. The average molecular weight is 247 g/mol. The lowest BCUT2D eigenvalue weighted by Crippen LogP contribution is -2.51. The van der Waals surface area contributed by atoms with Crippen LogP contribution in [-0.4, -0.2) is 48.0 Å². The maximum absolute atomic E-state index is 12.1. The van der Waals surface area contributed by atoms with Crippen molar-refractivity contribution in [2.45, 2.75) is 24.8 Å². The number of hydrogen-bond acceptors (Lipinski definition) is 3. The van der Waals surface area contributed by atoms with Crippen LogP contribution in [-0.2, 0) is 9.53 Å². The molecule has 6 heteroatoms. The highest BCUT2D eigenvalue weighted by Gasteiger charge is 2.51. The first-order chi connectivity index (χ1) is 7.69. The van der Waals surface area contributed by atoms with Gasteiger partial charge in [0.15, 0.2) is 0 Å². The van der Waals surface area contributed by atoms with Gasteiger partial charge in [-0.15, -0.1) is 11.6 Å². The second kappa shape index (κ2) is 4.59. The van der Waals surface area contributed by atoms with E-state index in [1.165, 1.54) is 4.90 Å². The lowest BCUT2D eigenvalue weighted by molar-refractivity contribution is -0.134. The van der Waals surface area contributed by atoms with E-state index in [2.05, 4.69) is 5.32 Å². The Morgan fingerprint density at radius 1 is 1.38 bits per heavy atom. The predicted octanol–water partition coefficient (Wildman–Crippen LogP) is 0.716. The van der Waals surface area contributed by atoms with Crippen LogP contribution >= 0.6 is 11.6 Å². The van der Waals surface area contributed by atoms with Gasteiger partial charge in [0.25, 0.3) is 5.91 Å². The largest absolute Gasteiger partial charge is 0.381 e. The molecule has 0 aliphatic carbocycles. The summed E-state index contributed by atoms with van der Waals surface area (Å²) in [4.78, 5) is 25.1. The minimum atomic E-state index is -0.707. The highest BCUT2D eigenvalue weighted by molar-refractivity contribution is 6.17. The third-order valence-corrected chi connectivity index (χ3v) is 3.37. The van der Waals surface area contributed by atoms with Crippen LogP contribution in [0.3, 0.4) is 0 Å². The van der Waals surface area contributed by atoms with Gasteiger partial charge in [-0.2, -0.15) is 0 Å². The molecule has 1 N–H and O–H groups in total. The smallest absolute Gasteiger partial charge is 0.325 e. The van der Waals surface area contributed by atoms with Crippen LogP contribution in [0.1, 0.15) is 19.3 Å². The number of hydrogen-bond donors (Lipinski definition) is 1. The molecule has 2 rings (SSSR count). The lowest BCUT2D eigenvalue weighted by Gasteiger charge is -2.30. The first-order valence-corrected chi connectivity index (χ1v) is 6.01. The molecule has 0 aromatic rings. The molecule has 0 saturated carbocycles. The topological polar surface area (TPSA) is 58.6 Å². The average Bonchev–Trinajstić information content (AvgIpc) is 2.50. The van der Waals surface area contributed by atoms with Crippen molar-refractivity contribution in [2.75, 3.05) is 25.6 Å². The van der Waals surface area contributed by atoms with Gasteiger partial charge in [0.1, 0.15) is 5.54 Å². The molecule has 0 aromatic carbocycles. The van der Waals surface area contributed by atoms with Gasteiger partial charge in [0, 0.05) is 38.5 Å². The van der Waals surface area contributed by atoms with Crippen LogP contribution in [0.15, 0.2) is 0 Å². The van der Waals surface area contributed by atoms with Gasteiger partial charge in [0.05, 0.1) is 0 Å². The molecule has 2 heterocycles. The molecule has 3 amide bonds. The normalized spacial score (nSPS) is 23.9. The molecule has 1 spiro atoms. The summed E-state index contributed by atoms with van der Waals surface area (Å²) in [5, 5.41) is 2.79. The fourth-order valence-corrected chi connectivity index (χ4v) is 2.28. The first-order valence-electron chi connectivity index (χ1n) is 5.47. The molecule has 0 atom stereocenters. The minimum Gasteiger partial charge on any atom is -0.381 e. The molecule has 90 valence electrons. The molecule has 0 radical (unpaired) electrons. The summed E-state index contributed by atoms with van der Waals surface area (Å²) >= 11 is 5.56. The van der Waals surface area contributed by atoms with Gasteiger partial charge in [-0.1, -0.05) is 0 Å². The molecule has 0 bridgehead atoms. The number of amides is 3. The predicted molar refractivity (Wildman–Crippen MR) is 58.4 cm³/mol. The van der Waals surface area contributed by atoms with E-state index >= 15 is 0 Å². The third-order valence-electron chi connectivity index (χ3n) is 3.11. The van der Waals surface area contributed by atoms with E-state index in [1.54, 1.807) is 0 Å². The maximum atomic E-state index is 12.1. The Kier molecular flexibility index (Phi) is 3.35. The number of halogens is 1. The molecular formula is C10H15ClN2O3.